The van der Waals surface area contributed by atoms with Crippen molar-refractivity contribution in [1.82, 2.24) is 9.88 Å². The fraction of sp³-hybridized carbons (Fsp3) is 0.500. The van der Waals surface area contributed by atoms with Gasteiger partial charge in [0, 0.05) is 30.7 Å². The van der Waals surface area contributed by atoms with Gasteiger partial charge in [-0.25, -0.2) is 4.98 Å². The molecule has 0 spiro atoms. The van der Waals surface area contributed by atoms with Crippen molar-refractivity contribution in [3.8, 4) is 6.07 Å². The monoisotopic (exact) mass is 320 g/mol. The maximum Gasteiger partial charge on any atom is 0.143 e. The third-order valence-corrected chi connectivity index (χ3v) is 5.48. The highest BCUT2D eigenvalue weighted by Gasteiger charge is 2.24. The first kappa shape index (κ1) is 15.4. The van der Waals surface area contributed by atoms with Gasteiger partial charge in [0.25, 0.3) is 0 Å². The van der Waals surface area contributed by atoms with Crippen molar-refractivity contribution in [2.24, 2.45) is 5.92 Å². The van der Waals surface area contributed by atoms with Gasteiger partial charge in [0.15, 0.2) is 0 Å². The Kier molecular flexibility index (Phi) is 4.36. The van der Waals surface area contributed by atoms with Crippen molar-refractivity contribution in [2.75, 3.05) is 37.6 Å². The first-order valence-corrected chi connectivity index (χ1v) is 9.11. The largest absolute Gasteiger partial charge is 0.371 e. The maximum absolute atomic E-state index is 9.28. The van der Waals surface area contributed by atoms with Gasteiger partial charge in [-0.15, -0.1) is 0 Å². The molecule has 2 aliphatic heterocycles. The molecule has 1 aromatic heterocycles. The van der Waals surface area contributed by atoms with Gasteiger partial charge >= 0.3 is 0 Å². The van der Waals surface area contributed by atoms with E-state index in [1.165, 1.54) is 51.0 Å². The predicted octanol–water partition coefficient (Wildman–Crippen LogP) is 3.42. The summed E-state index contributed by atoms with van der Waals surface area (Å²) in [7, 11) is 0. The van der Waals surface area contributed by atoms with E-state index in [9.17, 15) is 5.26 Å². The number of likely N-dealkylation sites (tertiary alicyclic amines) is 1. The summed E-state index contributed by atoms with van der Waals surface area (Å²) in [6, 6.07) is 12.3. The van der Waals surface area contributed by atoms with Gasteiger partial charge < -0.3 is 9.80 Å². The molecule has 4 nitrogen and oxygen atoms in total. The van der Waals surface area contributed by atoms with Crippen LogP contribution in [0.15, 0.2) is 30.3 Å². The highest BCUT2D eigenvalue weighted by atomic mass is 15.2. The van der Waals surface area contributed by atoms with Crippen LogP contribution in [0.1, 0.15) is 31.4 Å². The summed E-state index contributed by atoms with van der Waals surface area (Å²) in [5.74, 6) is 0.822. The van der Waals surface area contributed by atoms with Crippen LogP contribution in [0.2, 0.25) is 0 Å². The Morgan fingerprint density at radius 1 is 1.08 bits per heavy atom. The molecule has 4 rings (SSSR count). The minimum Gasteiger partial charge on any atom is -0.371 e. The summed E-state index contributed by atoms with van der Waals surface area (Å²) in [5, 5.41) is 10.4. The molecule has 2 aromatic rings. The predicted molar refractivity (Wildman–Crippen MR) is 97.1 cm³/mol. The summed E-state index contributed by atoms with van der Waals surface area (Å²) in [4.78, 5) is 9.52. The van der Waals surface area contributed by atoms with Gasteiger partial charge in [-0.3, -0.25) is 0 Å². The zero-order valence-electron chi connectivity index (χ0n) is 14.1. The summed E-state index contributed by atoms with van der Waals surface area (Å²) in [5.41, 5.74) is 2.62. The molecule has 2 saturated heterocycles. The van der Waals surface area contributed by atoms with Gasteiger partial charge in [0.05, 0.1) is 5.52 Å². The lowest BCUT2D eigenvalue weighted by molar-refractivity contribution is 0.249. The molecule has 0 saturated carbocycles. The van der Waals surface area contributed by atoms with Crippen molar-refractivity contribution >= 4 is 16.6 Å². The summed E-state index contributed by atoms with van der Waals surface area (Å²) < 4.78 is 0. The molecule has 0 unspecified atom stereocenters. The Morgan fingerprint density at radius 3 is 2.58 bits per heavy atom. The minimum atomic E-state index is 0.517. The van der Waals surface area contributed by atoms with Crippen molar-refractivity contribution < 1.29 is 0 Å². The van der Waals surface area contributed by atoms with Crippen molar-refractivity contribution in [2.45, 2.75) is 25.7 Å². The number of rotatable bonds is 3. The number of benzene rings is 1. The van der Waals surface area contributed by atoms with Crippen molar-refractivity contribution in [3.05, 3.63) is 36.0 Å². The molecular formula is C20H24N4. The van der Waals surface area contributed by atoms with Crippen LogP contribution in [0.4, 0.5) is 5.69 Å². The fourth-order valence-corrected chi connectivity index (χ4v) is 4.16. The molecule has 0 amide bonds. The fourth-order valence-electron chi connectivity index (χ4n) is 4.16. The maximum atomic E-state index is 9.28. The second-order valence-corrected chi connectivity index (χ2v) is 7.09. The number of para-hydroxylation sites is 1. The number of fused-ring (bicyclic) bond motifs is 1. The van der Waals surface area contributed by atoms with E-state index in [1.807, 2.05) is 18.2 Å². The van der Waals surface area contributed by atoms with Crippen LogP contribution in [-0.4, -0.2) is 42.6 Å². The summed E-state index contributed by atoms with van der Waals surface area (Å²) >= 11 is 0. The topological polar surface area (TPSA) is 43.2 Å². The SMILES string of the molecule is N#Cc1cc(N2CCC(CN3CCCC3)CC2)c2ccccc2n1. The molecule has 4 heteroatoms. The quantitative estimate of drug-likeness (QED) is 0.869. The highest BCUT2D eigenvalue weighted by molar-refractivity contribution is 5.92. The Bertz CT molecular complexity index is 750. The molecule has 24 heavy (non-hydrogen) atoms. The Hall–Kier alpha value is -2.12. The van der Waals surface area contributed by atoms with Gasteiger partial charge in [0.2, 0.25) is 0 Å². The van der Waals surface area contributed by atoms with E-state index in [-0.39, 0.29) is 0 Å². The van der Waals surface area contributed by atoms with Crippen LogP contribution in [0.5, 0.6) is 0 Å². The van der Waals surface area contributed by atoms with Crippen LogP contribution in [0, 0.1) is 17.2 Å². The number of nitriles is 1. The molecule has 0 atom stereocenters. The molecule has 0 bridgehead atoms. The molecular weight excluding hydrogens is 296 g/mol. The average Bonchev–Trinajstić information content (AvgIpc) is 3.14. The molecule has 124 valence electrons. The van der Waals surface area contributed by atoms with E-state index in [1.54, 1.807) is 0 Å². The first-order chi connectivity index (χ1) is 11.8. The highest BCUT2D eigenvalue weighted by Crippen LogP contribution is 2.30. The minimum absolute atomic E-state index is 0.517. The number of aromatic nitrogens is 1. The number of hydrogen-bond donors (Lipinski definition) is 0. The van der Waals surface area contributed by atoms with Crippen LogP contribution in [0.3, 0.4) is 0 Å². The van der Waals surface area contributed by atoms with Crippen LogP contribution in [0.25, 0.3) is 10.9 Å². The molecule has 2 fully saturated rings. The lowest BCUT2D eigenvalue weighted by atomic mass is 9.95. The molecule has 2 aliphatic rings. The Labute approximate surface area is 143 Å². The van der Waals surface area contributed by atoms with E-state index < -0.39 is 0 Å². The van der Waals surface area contributed by atoms with E-state index in [0.717, 1.165) is 29.9 Å². The standard InChI is InChI=1S/C20H24N4/c21-14-17-13-20(18-5-1-2-6-19(18)22-17)24-11-7-16(8-12-24)15-23-9-3-4-10-23/h1-2,5-6,13,16H,3-4,7-12,15H2. The molecule has 0 radical (unpaired) electrons. The van der Waals surface area contributed by atoms with Gasteiger partial charge in [-0.2, -0.15) is 5.26 Å². The normalized spacial score (nSPS) is 19.7. The zero-order valence-corrected chi connectivity index (χ0v) is 14.1. The smallest absolute Gasteiger partial charge is 0.143 e. The van der Waals surface area contributed by atoms with Crippen LogP contribution in [-0.2, 0) is 0 Å². The number of piperidine rings is 1. The third kappa shape index (κ3) is 3.09. The number of hydrogen-bond acceptors (Lipinski definition) is 4. The molecule has 1 aromatic carbocycles. The Balaban J connectivity index is 1.51. The van der Waals surface area contributed by atoms with E-state index in [4.69, 9.17) is 0 Å². The molecule has 0 N–H and O–H groups in total. The van der Waals surface area contributed by atoms with Crippen molar-refractivity contribution in [1.29, 1.82) is 5.26 Å². The first-order valence-electron chi connectivity index (χ1n) is 9.11. The van der Waals surface area contributed by atoms with Gasteiger partial charge in [-0.05, 0) is 56.8 Å². The number of anilines is 1. The third-order valence-electron chi connectivity index (χ3n) is 5.48. The zero-order chi connectivity index (χ0) is 16.4. The van der Waals surface area contributed by atoms with E-state index in [2.05, 4.69) is 33.0 Å². The van der Waals surface area contributed by atoms with E-state index in [0.29, 0.717) is 5.69 Å². The van der Waals surface area contributed by atoms with Crippen LogP contribution >= 0.6 is 0 Å². The molecule has 3 heterocycles. The van der Waals surface area contributed by atoms with Gasteiger partial charge in [-0.1, -0.05) is 18.2 Å². The number of pyridine rings is 1. The summed E-state index contributed by atoms with van der Waals surface area (Å²) in [6.07, 6.45) is 5.24. The lowest BCUT2D eigenvalue weighted by Crippen LogP contribution is -2.38. The van der Waals surface area contributed by atoms with Gasteiger partial charge in [0.1, 0.15) is 11.8 Å². The van der Waals surface area contributed by atoms with Crippen molar-refractivity contribution in [3.63, 3.8) is 0 Å². The second kappa shape index (κ2) is 6.78. The average molecular weight is 320 g/mol. The van der Waals surface area contributed by atoms with Crippen LogP contribution < -0.4 is 4.90 Å². The van der Waals surface area contributed by atoms with E-state index >= 15 is 0 Å². The second-order valence-electron chi connectivity index (χ2n) is 7.09. The molecule has 0 aliphatic carbocycles. The summed E-state index contributed by atoms with van der Waals surface area (Å²) in [6.45, 7) is 6.02. The number of nitrogens with zero attached hydrogens (tertiary/aromatic N) is 4. The lowest BCUT2D eigenvalue weighted by Gasteiger charge is -2.35. The Morgan fingerprint density at radius 2 is 1.83 bits per heavy atom.